The third-order valence-corrected chi connectivity index (χ3v) is 5.59. The molecule has 0 spiro atoms. The van der Waals surface area contributed by atoms with E-state index < -0.39 is 0 Å². The number of anilines is 1. The van der Waals surface area contributed by atoms with Crippen LogP contribution in [0, 0.1) is 0 Å². The van der Waals surface area contributed by atoms with E-state index in [1.54, 1.807) is 37.6 Å². The summed E-state index contributed by atoms with van der Waals surface area (Å²) in [5.41, 5.74) is 0.472. The zero-order valence-electron chi connectivity index (χ0n) is 16.5. The Balaban J connectivity index is 1.39. The van der Waals surface area contributed by atoms with Gasteiger partial charge in [0.1, 0.15) is 17.7 Å². The monoisotopic (exact) mass is 398 g/mol. The fraction of sp³-hybridized carbons (Fsp3) is 0.476. The number of ether oxygens (including phenoxy) is 2. The molecule has 4 rings (SSSR count). The second kappa shape index (κ2) is 8.65. The van der Waals surface area contributed by atoms with Crippen LogP contribution in [0.15, 0.2) is 36.5 Å². The number of rotatable bonds is 5. The number of piperidine rings is 1. The van der Waals surface area contributed by atoms with Crippen LogP contribution in [-0.4, -0.2) is 59.4 Å². The first-order valence-corrected chi connectivity index (χ1v) is 10.1. The number of nitrogens with one attached hydrogen (secondary N) is 1. The van der Waals surface area contributed by atoms with Crippen molar-refractivity contribution in [3.05, 3.63) is 42.1 Å². The van der Waals surface area contributed by atoms with Crippen molar-refractivity contribution in [2.24, 2.45) is 0 Å². The van der Waals surface area contributed by atoms with Crippen LogP contribution in [0.3, 0.4) is 0 Å². The normalized spacial score (nSPS) is 19.9. The second-order valence-electron chi connectivity index (χ2n) is 7.37. The largest absolute Gasteiger partial charge is 0.496 e. The van der Waals surface area contributed by atoms with Crippen molar-refractivity contribution in [1.82, 2.24) is 14.7 Å². The molecule has 29 heavy (non-hydrogen) atoms. The van der Waals surface area contributed by atoms with Crippen LogP contribution in [-0.2, 0) is 9.53 Å². The second-order valence-corrected chi connectivity index (χ2v) is 7.37. The van der Waals surface area contributed by atoms with Gasteiger partial charge in [0, 0.05) is 25.8 Å². The molecule has 2 fully saturated rings. The Morgan fingerprint density at radius 1 is 1.17 bits per heavy atom. The molecule has 0 saturated carbocycles. The molecule has 0 unspecified atom stereocenters. The molecule has 0 radical (unpaired) electrons. The van der Waals surface area contributed by atoms with Crippen LogP contribution in [0.1, 0.15) is 42.1 Å². The maximum absolute atomic E-state index is 12.7. The van der Waals surface area contributed by atoms with Crippen LogP contribution in [0.5, 0.6) is 5.75 Å². The lowest BCUT2D eigenvalue weighted by molar-refractivity contribution is -0.142. The van der Waals surface area contributed by atoms with Crippen LogP contribution in [0.2, 0.25) is 0 Å². The highest BCUT2D eigenvalue weighted by Crippen LogP contribution is 2.27. The lowest BCUT2D eigenvalue weighted by atomic mass is 10.0. The first-order chi connectivity index (χ1) is 14.2. The number of aromatic nitrogens is 2. The van der Waals surface area contributed by atoms with Gasteiger partial charge in [-0.05, 0) is 37.8 Å². The Morgan fingerprint density at radius 2 is 1.97 bits per heavy atom. The summed E-state index contributed by atoms with van der Waals surface area (Å²) in [6, 6.07) is 9.03. The maximum Gasteiger partial charge on any atom is 0.260 e. The smallest absolute Gasteiger partial charge is 0.260 e. The topological polar surface area (TPSA) is 85.7 Å². The molecule has 8 heteroatoms. The number of para-hydroxylation sites is 1. The quantitative estimate of drug-likeness (QED) is 0.836. The van der Waals surface area contributed by atoms with Gasteiger partial charge in [0.2, 0.25) is 0 Å². The van der Waals surface area contributed by atoms with Crippen molar-refractivity contribution in [3.63, 3.8) is 0 Å². The average Bonchev–Trinajstić information content (AvgIpc) is 3.45. The molecule has 3 heterocycles. The lowest BCUT2D eigenvalue weighted by Crippen LogP contribution is -2.44. The van der Waals surface area contributed by atoms with Crippen LogP contribution in [0.25, 0.3) is 0 Å². The lowest BCUT2D eigenvalue weighted by Gasteiger charge is -2.33. The number of nitrogens with zero attached hydrogens (tertiary/aromatic N) is 3. The van der Waals surface area contributed by atoms with Gasteiger partial charge in [-0.2, -0.15) is 5.10 Å². The Morgan fingerprint density at radius 3 is 2.69 bits per heavy atom. The van der Waals surface area contributed by atoms with E-state index in [1.165, 1.54) is 0 Å². The van der Waals surface area contributed by atoms with E-state index in [-0.39, 0.29) is 24.0 Å². The van der Waals surface area contributed by atoms with Gasteiger partial charge in [0.15, 0.2) is 0 Å². The molecule has 2 aliphatic rings. The molecule has 8 nitrogen and oxygen atoms in total. The molecule has 1 N–H and O–H groups in total. The van der Waals surface area contributed by atoms with Gasteiger partial charge in [-0.1, -0.05) is 12.1 Å². The number of methoxy groups -OCH3 is 1. The summed E-state index contributed by atoms with van der Waals surface area (Å²) in [5, 5.41) is 7.36. The number of likely N-dealkylation sites (tertiary alicyclic amines) is 1. The van der Waals surface area contributed by atoms with E-state index >= 15 is 0 Å². The van der Waals surface area contributed by atoms with Crippen LogP contribution in [0.4, 0.5) is 5.82 Å². The molecule has 1 aromatic carbocycles. The highest BCUT2D eigenvalue weighted by molar-refractivity contribution is 6.05. The van der Waals surface area contributed by atoms with Gasteiger partial charge in [0.25, 0.3) is 11.8 Å². The number of hydrogen-bond acceptors (Lipinski definition) is 5. The fourth-order valence-corrected chi connectivity index (χ4v) is 4.03. The molecular formula is C21H26N4O4. The minimum atomic E-state index is -0.271. The van der Waals surface area contributed by atoms with Gasteiger partial charge < -0.3 is 19.7 Å². The molecule has 1 aromatic heterocycles. The minimum absolute atomic E-state index is 0.103. The van der Waals surface area contributed by atoms with Gasteiger partial charge in [-0.15, -0.1) is 0 Å². The van der Waals surface area contributed by atoms with Crippen LogP contribution >= 0.6 is 0 Å². The molecule has 2 aromatic rings. The maximum atomic E-state index is 12.7. The van der Waals surface area contributed by atoms with Crippen molar-refractivity contribution in [3.8, 4) is 5.75 Å². The molecule has 1 atom stereocenters. The van der Waals surface area contributed by atoms with E-state index in [4.69, 9.17) is 9.47 Å². The van der Waals surface area contributed by atoms with Gasteiger partial charge in [-0.3, -0.25) is 9.59 Å². The van der Waals surface area contributed by atoms with E-state index in [0.29, 0.717) is 36.8 Å². The SMILES string of the molecule is COc1ccccc1C(=O)Nc1ccnn1C1CCN(C(=O)[C@@H]2CCCO2)CC1. The Kier molecular flexibility index (Phi) is 5.80. The van der Waals surface area contributed by atoms with Crippen molar-refractivity contribution in [2.45, 2.75) is 37.8 Å². The summed E-state index contributed by atoms with van der Waals surface area (Å²) < 4.78 is 12.7. The summed E-state index contributed by atoms with van der Waals surface area (Å²) in [6.07, 6.45) is 4.76. The summed E-state index contributed by atoms with van der Waals surface area (Å²) in [7, 11) is 1.54. The zero-order valence-corrected chi connectivity index (χ0v) is 16.5. The number of amides is 2. The van der Waals surface area contributed by atoms with E-state index in [9.17, 15) is 9.59 Å². The van der Waals surface area contributed by atoms with Crippen molar-refractivity contribution < 1.29 is 19.1 Å². The molecule has 2 aliphatic heterocycles. The number of hydrogen-bond donors (Lipinski definition) is 1. The molecule has 0 aliphatic carbocycles. The third kappa shape index (κ3) is 4.12. The molecule has 2 saturated heterocycles. The van der Waals surface area contributed by atoms with Gasteiger partial charge >= 0.3 is 0 Å². The van der Waals surface area contributed by atoms with E-state index in [1.807, 2.05) is 15.6 Å². The van der Waals surface area contributed by atoms with E-state index in [0.717, 1.165) is 25.7 Å². The average molecular weight is 398 g/mol. The summed E-state index contributed by atoms with van der Waals surface area (Å²) in [6.45, 7) is 2.02. The number of benzene rings is 1. The predicted octanol–water partition coefficient (Wildman–Crippen LogP) is 2.49. The van der Waals surface area contributed by atoms with Crippen molar-refractivity contribution in [1.29, 1.82) is 0 Å². The summed E-state index contributed by atoms with van der Waals surface area (Å²) >= 11 is 0. The highest BCUT2D eigenvalue weighted by atomic mass is 16.5. The van der Waals surface area contributed by atoms with Gasteiger partial charge in [0.05, 0.1) is 24.9 Å². The Labute approximate surface area is 169 Å². The third-order valence-electron chi connectivity index (χ3n) is 5.59. The predicted molar refractivity (Wildman–Crippen MR) is 107 cm³/mol. The van der Waals surface area contributed by atoms with Crippen LogP contribution < -0.4 is 10.1 Å². The zero-order chi connectivity index (χ0) is 20.2. The minimum Gasteiger partial charge on any atom is -0.496 e. The summed E-state index contributed by atoms with van der Waals surface area (Å²) in [5.74, 6) is 1.03. The van der Waals surface area contributed by atoms with Gasteiger partial charge in [-0.25, -0.2) is 4.68 Å². The molecule has 0 bridgehead atoms. The van der Waals surface area contributed by atoms with E-state index in [2.05, 4.69) is 10.4 Å². The summed E-state index contributed by atoms with van der Waals surface area (Å²) in [4.78, 5) is 27.1. The van der Waals surface area contributed by atoms with Crippen molar-refractivity contribution in [2.75, 3.05) is 32.1 Å². The molecule has 2 amide bonds. The standard InChI is InChI=1S/C21H26N4O4/c1-28-17-6-3-2-5-16(17)20(26)23-19-8-11-22-25(19)15-9-12-24(13-10-15)21(27)18-7-4-14-29-18/h2-3,5-6,8,11,15,18H,4,7,9-10,12-14H2,1H3,(H,23,26)/t18-/m0/s1. The number of carbonyl (C=O) groups is 2. The number of carbonyl (C=O) groups excluding carboxylic acids is 2. The first-order valence-electron chi connectivity index (χ1n) is 10.1. The Bertz CT molecular complexity index is 867. The van der Waals surface area contributed by atoms with Crippen molar-refractivity contribution >= 4 is 17.6 Å². The first kappa shape index (κ1) is 19.4. The highest BCUT2D eigenvalue weighted by Gasteiger charge is 2.32. The molecular weight excluding hydrogens is 372 g/mol. The fourth-order valence-electron chi connectivity index (χ4n) is 4.03. The molecule has 154 valence electrons. The Hall–Kier alpha value is -2.87.